The first-order valence-corrected chi connectivity index (χ1v) is 10.0. The second kappa shape index (κ2) is 6.83. The molecule has 5 heterocycles. The third-order valence-electron chi connectivity index (χ3n) is 4.60. The van der Waals surface area contributed by atoms with Crippen LogP contribution in [-0.4, -0.2) is 49.5 Å². The van der Waals surface area contributed by atoms with Gasteiger partial charge in [0.15, 0.2) is 31.6 Å². The number of nitrogens with two attached hydrogens (primary N) is 1. The monoisotopic (exact) mass is 425 g/mol. The van der Waals surface area contributed by atoms with Crippen molar-refractivity contribution >= 4 is 37.9 Å². The van der Waals surface area contributed by atoms with Crippen molar-refractivity contribution in [1.29, 1.82) is 0 Å². The summed E-state index contributed by atoms with van der Waals surface area (Å²) in [6, 6.07) is 1.79. The van der Waals surface area contributed by atoms with Crippen LogP contribution in [0.4, 0.5) is 5.95 Å². The molecule has 2 saturated heterocycles. The summed E-state index contributed by atoms with van der Waals surface area (Å²) < 4.78 is 23.7. The first kappa shape index (κ1) is 18.1. The average molecular weight is 425 g/mol. The second-order valence-corrected chi connectivity index (χ2v) is 8.06. The molecule has 5 unspecified atom stereocenters. The lowest BCUT2D eigenvalue weighted by atomic mass is 10.1. The molecule has 0 aromatic carbocycles. The number of nitrogen functional groups attached to an aromatic ring is 1. The Kier molecular flexibility index (Phi) is 4.42. The van der Waals surface area contributed by atoms with E-state index in [1.165, 1.54) is 11.8 Å². The van der Waals surface area contributed by atoms with Crippen molar-refractivity contribution in [3.8, 4) is 0 Å². The molecule has 0 amide bonds. The molecule has 0 radical (unpaired) electrons. The van der Waals surface area contributed by atoms with E-state index in [2.05, 4.69) is 15.0 Å². The van der Waals surface area contributed by atoms with E-state index in [4.69, 9.17) is 23.9 Å². The molecule has 148 valence electrons. The summed E-state index contributed by atoms with van der Waals surface area (Å²) in [4.78, 5) is 24.3. The van der Waals surface area contributed by atoms with Crippen molar-refractivity contribution in [2.75, 3.05) is 12.3 Å². The predicted octanol–water partition coefficient (Wildman–Crippen LogP) is 0.937. The number of furan rings is 1. The number of rotatable bonds is 3. The molecule has 4 N–H and O–H groups in total. The normalized spacial score (nSPS) is 28.2. The van der Waals surface area contributed by atoms with Gasteiger partial charge in [-0.05, 0) is 24.8 Å². The molecule has 2 aliphatic heterocycles. The third-order valence-corrected chi connectivity index (χ3v) is 6.37. The molecule has 5 atom stereocenters. The van der Waals surface area contributed by atoms with Gasteiger partial charge in [-0.25, -0.2) is 4.98 Å². The van der Waals surface area contributed by atoms with E-state index in [1.54, 1.807) is 16.9 Å². The zero-order valence-electron chi connectivity index (χ0n) is 14.5. The van der Waals surface area contributed by atoms with Crippen molar-refractivity contribution in [1.82, 2.24) is 19.5 Å². The largest absolute Gasteiger partial charge is 0.468 e. The summed E-state index contributed by atoms with van der Waals surface area (Å²) in [6.45, 7) is 2.13. The molecule has 0 spiro atoms. The molecule has 2 fully saturated rings. The van der Waals surface area contributed by atoms with Crippen LogP contribution in [0.25, 0.3) is 11.2 Å². The Morgan fingerprint density at radius 1 is 1.46 bits per heavy atom. The molecule has 0 saturated carbocycles. The highest BCUT2D eigenvalue weighted by atomic mass is 32.2. The van der Waals surface area contributed by atoms with Crippen molar-refractivity contribution in [2.45, 2.75) is 41.5 Å². The lowest BCUT2D eigenvalue weighted by Gasteiger charge is -2.24. The fourth-order valence-electron chi connectivity index (χ4n) is 3.28. The number of ether oxygens (including phenoxy) is 1. The Balaban J connectivity index is 1.66. The van der Waals surface area contributed by atoms with Crippen LogP contribution in [0.1, 0.15) is 12.0 Å². The van der Waals surface area contributed by atoms with E-state index in [0.717, 1.165) is 4.90 Å². The fourth-order valence-corrected chi connectivity index (χ4v) is 4.92. The van der Waals surface area contributed by atoms with E-state index in [1.807, 2.05) is 6.92 Å². The lowest BCUT2D eigenvalue weighted by Crippen LogP contribution is -2.37. The maximum absolute atomic E-state index is 12.4. The SMILES string of the molecule is Cc1occc1Sc1nc2c(=O)[nH]c(N)nc2n1C1OC2COPOC2C1O. The number of hydrogen-bond donors (Lipinski definition) is 3. The van der Waals surface area contributed by atoms with Crippen LogP contribution in [0, 0.1) is 6.92 Å². The molecule has 3 aromatic heterocycles. The topological polar surface area (TPSA) is 151 Å². The van der Waals surface area contributed by atoms with Gasteiger partial charge in [-0.3, -0.25) is 14.3 Å². The van der Waals surface area contributed by atoms with E-state index in [0.29, 0.717) is 17.5 Å². The first-order chi connectivity index (χ1) is 13.5. The van der Waals surface area contributed by atoms with Crippen LogP contribution >= 0.6 is 20.8 Å². The number of nitrogens with zero attached hydrogens (tertiary/aromatic N) is 3. The lowest BCUT2D eigenvalue weighted by molar-refractivity contribution is -0.0553. The minimum atomic E-state index is -0.995. The van der Waals surface area contributed by atoms with Crippen LogP contribution in [0.15, 0.2) is 31.6 Å². The van der Waals surface area contributed by atoms with Crippen molar-refractivity contribution < 1.29 is 23.3 Å². The van der Waals surface area contributed by atoms with E-state index >= 15 is 0 Å². The first-order valence-electron chi connectivity index (χ1n) is 8.38. The van der Waals surface area contributed by atoms with Crippen LogP contribution in [0.5, 0.6) is 0 Å². The van der Waals surface area contributed by atoms with Gasteiger partial charge in [0.25, 0.3) is 5.56 Å². The highest BCUT2D eigenvalue weighted by Gasteiger charge is 2.48. The number of hydrogen-bond acceptors (Lipinski definition) is 10. The number of aliphatic hydroxyl groups excluding tert-OH is 1. The summed E-state index contributed by atoms with van der Waals surface area (Å²) in [5.41, 5.74) is 5.58. The molecule has 2 aliphatic rings. The van der Waals surface area contributed by atoms with Gasteiger partial charge in [-0.1, -0.05) is 0 Å². The number of imidazole rings is 1. The van der Waals surface area contributed by atoms with Gasteiger partial charge in [-0.15, -0.1) is 0 Å². The van der Waals surface area contributed by atoms with Crippen LogP contribution < -0.4 is 11.3 Å². The fraction of sp³-hybridized carbons (Fsp3) is 0.400. The summed E-state index contributed by atoms with van der Waals surface area (Å²) in [5, 5.41) is 11.2. The number of aryl methyl sites for hydroxylation is 1. The van der Waals surface area contributed by atoms with Gasteiger partial charge >= 0.3 is 0 Å². The number of anilines is 1. The van der Waals surface area contributed by atoms with Crippen LogP contribution in [-0.2, 0) is 13.8 Å². The minimum Gasteiger partial charge on any atom is -0.468 e. The van der Waals surface area contributed by atoms with Gasteiger partial charge in [-0.2, -0.15) is 4.98 Å². The van der Waals surface area contributed by atoms with Crippen molar-refractivity contribution in [2.24, 2.45) is 0 Å². The highest BCUT2D eigenvalue weighted by molar-refractivity contribution is 7.99. The molecule has 3 aromatic rings. The highest BCUT2D eigenvalue weighted by Crippen LogP contribution is 2.42. The Hall–Kier alpha value is -1.95. The number of fused-ring (bicyclic) bond motifs is 2. The van der Waals surface area contributed by atoms with Gasteiger partial charge in [0.1, 0.15) is 24.1 Å². The van der Waals surface area contributed by atoms with E-state index < -0.39 is 30.1 Å². The molecule has 5 rings (SSSR count). The van der Waals surface area contributed by atoms with Gasteiger partial charge in [0.2, 0.25) is 5.95 Å². The van der Waals surface area contributed by atoms with Crippen molar-refractivity contribution in [3.63, 3.8) is 0 Å². The standard InChI is InChI=1S/C15H16N5O6PS/c1-5-7(2-3-23-5)28-15-17-8-11(18-14(16)19-12(8)22)20(15)13-9(21)10-6(25-13)4-24-27-26-10/h2-3,6,9-10,13,21,27H,4H2,1H3,(H3,16,18,19,22). The number of aliphatic hydroxyl groups is 1. The van der Waals surface area contributed by atoms with Gasteiger partial charge < -0.3 is 29.0 Å². The summed E-state index contributed by atoms with van der Waals surface area (Å²) in [7, 11) is -0.163. The number of aromatic amines is 1. The average Bonchev–Trinajstić information content (AvgIpc) is 3.32. The van der Waals surface area contributed by atoms with E-state index in [9.17, 15) is 9.90 Å². The molecule has 13 heteroatoms. The maximum atomic E-state index is 12.4. The second-order valence-electron chi connectivity index (χ2n) is 6.36. The Labute approximate surface area is 163 Å². The van der Waals surface area contributed by atoms with Crippen LogP contribution in [0.2, 0.25) is 0 Å². The Morgan fingerprint density at radius 2 is 2.32 bits per heavy atom. The Morgan fingerprint density at radius 3 is 3.07 bits per heavy atom. The van der Waals surface area contributed by atoms with E-state index in [-0.39, 0.29) is 26.1 Å². The number of nitrogens with one attached hydrogen (secondary N) is 1. The predicted molar refractivity (Wildman–Crippen MR) is 99.2 cm³/mol. The van der Waals surface area contributed by atoms with Crippen LogP contribution in [0.3, 0.4) is 0 Å². The quantitative estimate of drug-likeness (QED) is 0.517. The summed E-state index contributed by atoms with van der Waals surface area (Å²) >= 11 is 1.27. The Bertz CT molecular complexity index is 1100. The van der Waals surface area contributed by atoms with Crippen molar-refractivity contribution in [3.05, 3.63) is 28.4 Å². The molecule has 0 aliphatic carbocycles. The minimum absolute atomic E-state index is 0.0549. The number of aromatic nitrogens is 4. The maximum Gasteiger partial charge on any atom is 0.280 e. The molecule has 11 nitrogen and oxygen atoms in total. The molecule has 0 bridgehead atoms. The zero-order valence-corrected chi connectivity index (χ0v) is 16.3. The smallest absolute Gasteiger partial charge is 0.280 e. The van der Waals surface area contributed by atoms with Gasteiger partial charge in [0, 0.05) is 0 Å². The summed E-state index contributed by atoms with van der Waals surface area (Å²) in [6.07, 6.45) is -1.27. The van der Waals surface area contributed by atoms with Gasteiger partial charge in [0.05, 0.1) is 17.8 Å². The summed E-state index contributed by atoms with van der Waals surface area (Å²) in [5.74, 6) is 0.644. The molecular weight excluding hydrogens is 409 g/mol. The molecule has 28 heavy (non-hydrogen) atoms. The zero-order chi connectivity index (χ0) is 19.4. The third kappa shape index (κ3) is 2.84. The molecular formula is C15H16N5O6PS. The number of H-pyrrole nitrogens is 1.